The van der Waals surface area contributed by atoms with Crippen LogP contribution >= 0.6 is 0 Å². The van der Waals surface area contributed by atoms with Crippen LogP contribution in [0.25, 0.3) is 0 Å². The average molecular weight is 385 g/mol. The van der Waals surface area contributed by atoms with Crippen molar-refractivity contribution < 1.29 is 24.6 Å². The van der Waals surface area contributed by atoms with Crippen LogP contribution in [0.1, 0.15) is 22.4 Å². The molecule has 1 heterocycles. The number of aromatic nitrogens is 1. The number of carboxylic acid groups (broad SMARTS) is 2. The Hall–Kier alpha value is -3.26. The van der Waals surface area contributed by atoms with E-state index in [0.29, 0.717) is 6.61 Å². The smallest absolute Gasteiger partial charge is 0.414 e. The van der Waals surface area contributed by atoms with Crippen molar-refractivity contribution in [2.75, 3.05) is 27.2 Å². The highest BCUT2D eigenvalue weighted by Gasteiger charge is 2.20. The lowest BCUT2D eigenvalue weighted by Gasteiger charge is -2.11. The van der Waals surface area contributed by atoms with E-state index in [1.807, 2.05) is 26.4 Å². The fourth-order valence-electron chi connectivity index (χ4n) is 2.65. The summed E-state index contributed by atoms with van der Waals surface area (Å²) in [5, 5.41) is 19.2. The minimum absolute atomic E-state index is 0.578. The second kappa shape index (κ2) is 10.2. The van der Waals surface area contributed by atoms with E-state index in [9.17, 15) is 0 Å². The number of pyridine rings is 1. The number of likely N-dealkylation sites (N-methyl/N-ethyl adjacent to an activating group) is 1. The third kappa shape index (κ3) is 5.88. The lowest BCUT2D eigenvalue weighted by molar-refractivity contribution is -0.159. The summed E-state index contributed by atoms with van der Waals surface area (Å²) in [7, 11) is 4.05. The van der Waals surface area contributed by atoms with Crippen LogP contribution in [0.3, 0.4) is 0 Å². The molecular formula is C20H23N3O5. The average Bonchev–Trinajstić information content (AvgIpc) is 2.83. The highest BCUT2D eigenvalue weighted by Crippen LogP contribution is 2.23. The number of hydrogen-bond donors (Lipinski definition) is 2. The van der Waals surface area contributed by atoms with Crippen LogP contribution in [-0.4, -0.2) is 65.0 Å². The van der Waals surface area contributed by atoms with Gasteiger partial charge >= 0.3 is 11.9 Å². The van der Waals surface area contributed by atoms with Crippen LogP contribution in [0, 0.1) is 0 Å². The maximum atomic E-state index is 9.10. The minimum Gasteiger partial charge on any atom is -0.473 e. The molecule has 2 aromatic rings. The summed E-state index contributed by atoms with van der Waals surface area (Å²) in [5.74, 6) is -3.65. The van der Waals surface area contributed by atoms with E-state index in [-0.39, 0.29) is 0 Å². The number of hydrogen-bond acceptors (Lipinski definition) is 6. The predicted molar refractivity (Wildman–Crippen MR) is 104 cm³/mol. The van der Waals surface area contributed by atoms with Crippen molar-refractivity contribution in [2.45, 2.75) is 12.8 Å². The van der Waals surface area contributed by atoms with Crippen molar-refractivity contribution in [3.8, 4) is 0 Å². The van der Waals surface area contributed by atoms with E-state index in [1.165, 1.54) is 5.56 Å². The van der Waals surface area contributed by atoms with E-state index >= 15 is 0 Å². The Bertz CT molecular complexity index is 803. The maximum Gasteiger partial charge on any atom is 0.414 e. The molecule has 0 fully saturated rings. The fourth-order valence-corrected chi connectivity index (χ4v) is 2.65. The zero-order chi connectivity index (χ0) is 20.5. The molecule has 0 aliphatic heterocycles. The second-order valence-corrected chi connectivity index (χ2v) is 6.34. The standard InChI is InChI=1S/C18H21N3O.C2H2O4/c1-21(2)12-13-22-20-18-15-7-4-3-6-14(15)9-10-17-16(18)8-5-11-19-17;3-1(4)2(5)6/h3-8,11H,9-10,12-13H2,1-2H3;(H,3,4)(H,5,6)/b20-18+;. The second-order valence-electron chi connectivity index (χ2n) is 6.34. The van der Waals surface area contributed by atoms with E-state index < -0.39 is 11.9 Å². The normalized spacial score (nSPS) is 13.6. The van der Waals surface area contributed by atoms with Gasteiger partial charge in [0.15, 0.2) is 0 Å². The van der Waals surface area contributed by atoms with Crippen molar-refractivity contribution in [1.29, 1.82) is 0 Å². The van der Waals surface area contributed by atoms with Crippen molar-refractivity contribution in [2.24, 2.45) is 5.16 Å². The van der Waals surface area contributed by atoms with Gasteiger partial charge in [-0.05, 0) is 44.6 Å². The van der Waals surface area contributed by atoms with Gasteiger partial charge in [0.1, 0.15) is 12.3 Å². The maximum absolute atomic E-state index is 9.10. The molecule has 28 heavy (non-hydrogen) atoms. The van der Waals surface area contributed by atoms with Gasteiger partial charge in [0.05, 0.1) is 5.69 Å². The third-order valence-corrected chi connectivity index (χ3v) is 4.02. The zero-order valence-corrected chi connectivity index (χ0v) is 15.8. The van der Waals surface area contributed by atoms with Crippen LogP contribution in [0.5, 0.6) is 0 Å². The molecule has 3 rings (SSSR count). The molecule has 1 aliphatic rings. The lowest BCUT2D eigenvalue weighted by atomic mass is 10.00. The van der Waals surface area contributed by atoms with Gasteiger partial charge in [-0.3, -0.25) is 4.98 Å². The number of aryl methyl sites for hydroxylation is 2. The van der Waals surface area contributed by atoms with Gasteiger partial charge in [-0.25, -0.2) is 9.59 Å². The molecule has 0 bridgehead atoms. The number of carbonyl (C=O) groups is 2. The molecule has 8 heteroatoms. The topological polar surface area (TPSA) is 112 Å². The molecule has 1 aliphatic carbocycles. The van der Waals surface area contributed by atoms with Crippen molar-refractivity contribution in [3.05, 3.63) is 65.0 Å². The largest absolute Gasteiger partial charge is 0.473 e. The first-order valence-electron chi connectivity index (χ1n) is 8.73. The zero-order valence-electron chi connectivity index (χ0n) is 15.8. The number of oxime groups is 1. The highest BCUT2D eigenvalue weighted by atomic mass is 16.6. The molecule has 0 radical (unpaired) electrons. The number of aliphatic carboxylic acids is 2. The molecule has 0 amide bonds. The summed E-state index contributed by atoms with van der Waals surface area (Å²) >= 11 is 0. The first-order chi connectivity index (χ1) is 13.4. The quantitative estimate of drug-likeness (QED) is 0.468. The molecule has 1 aromatic heterocycles. The number of carboxylic acids is 2. The van der Waals surface area contributed by atoms with E-state index in [1.54, 1.807) is 0 Å². The van der Waals surface area contributed by atoms with Gasteiger partial charge in [0.2, 0.25) is 0 Å². The molecule has 0 unspecified atom stereocenters. The van der Waals surface area contributed by atoms with E-state index in [0.717, 1.165) is 41.9 Å². The van der Waals surface area contributed by atoms with Gasteiger partial charge in [-0.2, -0.15) is 0 Å². The van der Waals surface area contributed by atoms with Crippen LogP contribution in [0.15, 0.2) is 47.8 Å². The first kappa shape index (κ1) is 21.0. The third-order valence-electron chi connectivity index (χ3n) is 4.02. The first-order valence-corrected chi connectivity index (χ1v) is 8.73. The Morgan fingerprint density at radius 3 is 2.43 bits per heavy atom. The molecule has 2 N–H and O–H groups in total. The summed E-state index contributed by atoms with van der Waals surface area (Å²) in [6.07, 6.45) is 3.76. The minimum atomic E-state index is -1.82. The van der Waals surface area contributed by atoms with Crippen molar-refractivity contribution in [1.82, 2.24) is 9.88 Å². The number of fused-ring (bicyclic) bond motifs is 2. The number of nitrogens with zero attached hydrogens (tertiary/aromatic N) is 3. The van der Waals surface area contributed by atoms with Gasteiger partial charge in [-0.15, -0.1) is 0 Å². The van der Waals surface area contributed by atoms with E-state index in [2.05, 4.69) is 45.4 Å². The summed E-state index contributed by atoms with van der Waals surface area (Å²) < 4.78 is 0. The molecular weight excluding hydrogens is 362 g/mol. The van der Waals surface area contributed by atoms with Crippen molar-refractivity contribution in [3.63, 3.8) is 0 Å². The molecule has 0 saturated carbocycles. The Morgan fingerprint density at radius 1 is 1.07 bits per heavy atom. The van der Waals surface area contributed by atoms with Crippen molar-refractivity contribution >= 4 is 17.7 Å². The Morgan fingerprint density at radius 2 is 1.75 bits per heavy atom. The Kier molecular flexibility index (Phi) is 7.65. The summed E-state index contributed by atoms with van der Waals surface area (Å²) in [6, 6.07) is 12.4. The van der Waals surface area contributed by atoms with Gasteiger partial charge in [0.25, 0.3) is 0 Å². The molecule has 0 saturated heterocycles. The van der Waals surface area contributed by atoms with Crippen LogP contribution < -0.4 is 0 Å². The van der Waals surface area contributed by atoms with Gasteiger partial charge in [-0.1, -0.05) is 29.4 Å². The molecule has 148 valence electrons. The van der Waals surface area contributed by atoms with Crippen LogP contribution in [0.2, 0.25) is 0 Å². The predicted octanol–water partition coefficient (Wildman–Crippen LogP) is 1.67. The van der Waals surface area contributed by atoms with Crippen LogP contribution in [0.4, 0.5) is 0 Å². The number of benzene rings is 1. The summed E-state index contributed by atoms with van der Waals surface area (Å²) in [4.78, 5) is 30.4. The summed E-state index contributed by atoms with van der Waals surface area (Å²) in [6.45, 7) is 1.42. The van der Waals surface area contributed by atoms with Gasteiger partial charge in [0, 0.05) is 23.9 Å². The summed E-state index contributed by atoms with van der Waals surface area (Å²) in [5.41, 5.74) is 5.52. The SMILES string of the molecule is CN(C)CCO/N=C1\c2ccccc2CCc2ncccc21.O=C(O)C(=O)O. The van der Waals surface area contributed by atoms with Crippen LogP contribution in [-0.2, 0) is 27.3 Å². The molecule has 8 nitrogen and oxygen atoms in total. The highest BCUT2D eigenvalue weighted by molar-refractivity contribution is 6.27. The molecule has 0 atom stereocenters. The monoisotopic (exact) mass is 385 g/mol. The van der Waals surface area contributed by atoms with E-state index in [4.69, 9.17) is 24.6 Å². The lowest BCUT2D eigenvalue weighted by Crippen LogP contribution is -2.17. The fraction of sp³-hybridized carbons (Fsp3) is 0.300. The Labute approximate surface area is 163 Å². The molecule has 1 aromatic carbocycles. The Balaban J connectivity index is 0.000000409. The molecule has 0 spiro atoms. The van der Waals surface area contributed by atoms with Gasteiger partial charge < -0.3 is 20.0 Å². The number of rotatable bonds is 4.